The second kappa shape index (κ2) is 6.28. The molecule has 2 aromatic carbocycles. The van der Waals surface area contributed by atoms with Gasteiger partial charge in [0, 0.05) is 23.3 Å². The fraction of sp³-hybridized carbons (Fsp3) is 0. The Labute approximate surface area is 124 Å². The topological polar surface area (TPSA) is 60.2 Å². The van der Waals surface area contributed by atoms with E-state index in [-0.39, 0.29) is 21.8 Å². The number of carbonyl (C=O) groups is 1. The molecule has 0 atom stereocenters. The first-order valence-corrected chi connectivity index (χ1v) is 6.27. The second-order valence-corrected chi connectivity index (χ2v) is 4.54. The van der Waals surface area contributed by atoms with Crippen molar-refractivity contribution >= 4 is 29.1 Å². The highest BCUT2D eigenvalue weighted by atomic mass is 35.5. The minimum Gasteiger partial charge on any atom is -0.289 e. The molecule has 0 fully saturated rings. The molecule has 2 aromatic rings. The summed E-state index contributed by atoms with van der Waals surface area (Å²) in [6.07, 6.45) is 2.45. The molecule has 0 unspecified atom stereocenters. The zero-order valence-corrected chi connectivity index (χ0v) is 11.4. The largest absolute Gasteiger partial charge is 0.289 e. The highest BCUT2D eigenvalue weighted by molar-refractivity contribution is 6.32. The monoisotopic (exact) mass is 305 g/mol. The van der Waals surface area contributed by atoms with Gasteiger partial charge in [0.1, 0.15) is 5.82 Å². The van der Waals surface area contributed by atoms with E-state index >= 15 is 0 Å². The lowest BCUT2D eigenvalue weighted by molar-refractivity contribution is -0.384. The van der Waals surface area contributed by atoms with E-state index in [1.54, 1.807) is 0 Å². The number of allylic oxidation sites excluding steroid dienone is 1. The van der Waals surface area contributed by atoms with Crippen LogP contribution in [0.5, 0.6) is 0 Å². The first-order chi connectivity index (χ1) is 9.99. The van der Waals surface area contributed by atoms with Crippen LogP contribution in [0, 0.1) is 15.9 Å². The van der Waals surface area contributed by atoms with Gasteiger partial charge in [0.2, 0.25) is 0 Å². The van der Waals surface area contributed by atoms with Crippen molar-refractivity contribution in [3.8, 4) is 0 Å². The smallest absolute Gasteiger partial charge is 0.269 e. The first kappa shape index (κ1) is 14.9. The van der Waals surface area contributed by atoms with Gasteiger partial charge >= 0.3 is 0 Å². The third-order valence-electron chi connectivity index (χ3n) is 2.76. The molecule has 0 radical (unpaired) electrons. The molecular weight excluding hydrogens is 297 g/mol. The summed E-state index contributed by atoms with van der Waals surface area (Å²) in [4.78, 5) is 21.9. The Morgan fingerprint density at radius 2 is 1.86 bits per heavy atom. The average Bonchev–Trinajstić information content (AvgIpc) is 2.46. The number of nitro groups is 1. The van der Waals surface area contributed by atoms with Crippen LogP contribution in [0.25, 0.3) is 6.08 Å². The Kier molecular flexibility index (Phi) is 4.45. The molecule has 0 heterocycles. The van der Waals surface area contributed by atoms with Gasteiger partial charge in [0.15, 0.2) is 5.78 Å². The second-order valence-electron chi connectivity index (χ2n) is 4.14. The number of ketones is 1. The summed E-state index contributed by atoms with van der Waals surface area (Å²) in [6, 6.07) is 9.37. The molecule has 0 aliphatic heterocycles. The lowest BCUT2D eigenvalue weighted by atomic mass is 10.1. The van der Waals surface area contributed by atoms with E-state index in [4.69, 9.17) is 11.6 Å². The molecule has 0 spiro atoms. The number of non-ortho nitro benzene ring substituents is 1. The number of nitrogens with zero attached hydrogens (tertiary/aromatic N) is 1. The third kappa shape index (κ3) is 3.52. The first-order valence-electron chi connectivity index (χ1n) is 5.90. The van der Waals surface area contributed by atoms with Crippen molar-refractivity contribution in [2.75, 3.05) is 0 Å². The number of halogens is 2. The molecule has 4 nitrogen and oxygen atoms in total. The summed E-state index contributed by atoms with van der Waals surface area (Å²) >= 11 is 5.84. The lowest BCUT2D eigenvalue weighted by Gasteiger charge is -2.00. The fourth-order valence-corrected chi connectivity index (χ4v) is 1.90. The zero-order chi connectivity index (χ0) is 15.4. The van der Waals surface area contributed by atoms with Crippen molar-refractivity contribution in [3.63, 3.8) is 0 Å². The van der Waals surface area contributed by atoms with Crippen LogP contribution in [0.1, 0.15) is 15.9 Å². The van der Waals surface area contributed by atoms with Crippen molar-refractivity contribution < 1.29 is 14.1 Å². The Morgan fingerprint density at radius 1 is 1.19 bits per heavy atom. The Balaban J connectivity index is 2.21. The van der Waals surface area contributed by atoms with Crippen molar-refractivity contribution in [1.29, 1.82) is 0 Å². The quantitative estimate of drug-likeness (QED) is 0.366. The van der Waals surface area contributed by atoms with E-state index in [1.807, 2.05) is 0 Å². The van der Waals surface area contributed by atoms with Gasteiger partial charge in [-0.3, -0.25) is 14.9 Å². The number of hydrogen-bond donors (Lipinski definition) is 0. The van der Waals surface area contributed by atoms with Crippen LogP contribution in [0.15, 0.2) is 48.5 Å². The Hall–Kier alpha value is -2.53. The molecule has 2 rings (SSSR count). The molecule has 0 aromatic heterocycles. The van der Waals surface area contributed by atoms with Crippen molar-refractivity contribution in [2.24, 2.45) is 0 Å². The van der Waals surface area contributed by atoms with Crippen LogP contribution in [0.2, 0.25) is 5.02 Å². The molecule has 0 bridgehead atoms. The Bertz CT molecular complexity index is 706. The normalized spacial score (nSPS) is 10.8. The van der Waals surface area contributed by atoms with Gasteiger partial charge in [-0.1, -0.05) is 17.7 Å². The maximum Gasteiger partial charge on any atom is 0.269 e. The number of benzene rings is 2. The molecule has 106 valence electrons. The molecule has 0 aliphatic rings. The van der Waals surface area contributed by atoms with E-state index in [9.17, 15) is 19.3 Å². The van der Waals surface area contributed by atoms with Crippen LogP contribution < -0.4 is 0 Å². The highest BCUT2D eigenvalue weighted by Crippen LogP contribution is 2.21. The summed E-state index contributed by atoms with van der Waals surface area (Å²) < 4.78 is 13.5. The number of nitro benzene ring substituents is 1. The van der Waals surface area contributed by atoms with E-state index in [1.165, 1.54) is 54.6 Å². The SMILES string of the molecule is O=C(/C=C\c1c(F)cccc1Cl)c1ccc([N+](=O)[O-])cc1. The van der Waals surface area contributed by atoms with Crippen LogP contribution in [-0.4, -0.2) is 10.7 Å². The van der Waals surface area contributed by atoms with Gasteiger partial charge in [-0.05, 0) is 36.4 Å². The van der Waals surface area contributed by atoms with E-state index in [2.05, 4.69) is 0 Å². The van der Waals surface area contributed by atoms with Crippen LogP contribution in [0.3, 0.4) is 0 Å². The summed E-state index contributed by atoms with van der Waals surface area (Å²) in [5.41, 5.74) is 0.284. The predicted octanol–water partition coefficient (Wildman–Crippen LogP) is 4.28. The summed E-state index contributed by atoms with van der Waals surface area (Å²) in [5, 5.41) is 10.7. The lowest BCUT2D eigenvalue weighted by Crippen LogP contribution is -1.95. The molecule has 0 aliphatic carbocycles. The van der Waals surface area contributed by atoms with Crippen LogP contribution >= 0.6 is 11.6 Å². The molecule has 0 amide bonds. The summed E-state index contributed by atoms with van der Waals surface area (Å²) in [6.45, 7) is 0. The molecule has 0 saturated heterocycles. The standard InChI is InChI=1S/C15H9ClFNO3/c16-13-2-1-3-14(17)12(13)8-9-15(19)10-4-6-11(7-5-10)18(20)21/h1-9H/b9-8-. The van der Waals surface area contributed by atoms with Gasteiger partial charge in [-0.15, -0.1) is 0 Å². The van der Waals surface area contributed by atoms with E-state index in [0.29, 0.717) is 0 Å². The predicted molar refractivity (Wildman–Crippen MR) is 77.9 cm³/mol. The summed E-state index contributed by atoms with van der Waals surface area (Å²) in [7, 11) is 0. The van der Waals surface area contributed by atoms with Crippen molar-refractivity contribution in [2.45, 2.75) is 0 Å². The number of hydrogen-bond acceptors (Lipinski definition) is 3. The fourth-order valence-electron chi connectivity index (χ4n) is 1.67. The third-order valence-corrected chi connectivity index (χ3v) is 3.09. The van der Waals surface area contributed by atoms with Gasteiger partial charge in [0.25, 0.3) is 5.69 Å². The molecule has 0 N–H and O–H groups in total. The van der Waals surface area contributed by atoms with E-state index in [0.717, 1.165) is 0 Å². The van der Waals surface area contributed by atoms with E-state index < -0.39 is 16.5 Å². The molecular formula is C15H9ClFNO3. The summed E-state index contributed by atoms with van der Waals surface area (Å²) in [5.74, 6) is -0.931. The number of rotatable bonds is 4. The van der Waals surface area contributed by atoms with Gasteiger partial charge < -0.3 is 0 Å². The maximum atomic E-state index is 13.5. The highest BCUT2D eigenvalue weighted by Gasteiger charge is 2.08. The maximum absolute atomic E-state index is 13.5. The van der Waals surface area contributed by atoms with Crippen molar-refractivity contribution in [3.05, 3.63) is 80.6 Å². The molecule has 0 saturated carbocycles. The zero-order valence-electron chi connectivity index (χ0n) is 10.6. The van der Waals surface area contributed by atoms with Crippen LogP contribution in [0.4, 0.5) is 10.1 Å². The number of carbonyl (C=O) groups excluding carboxylic acids is 1. The molecule has 21 heavy (non-hydrogen) atoms. The van der Waals surface area contributed by atoms with Crippen LogP contribution in [-0.2, 0) is 0 Å². The average molecular weight is 306 g/mol. The molecule has 6 heteroatoms. The minimum atomic E-state index is -0.552. The van der Waals surface area contributed by atoms with Gasteiger partial charge in [-0.25, -0.2) is 4.39 Å². The van der Waals surface area contributed by atoms with Crippen molar-refractivity contribution in [1.82, 2.24) is 0 Å². The van der Waals surface area contributed by atoms with Gasteiger partial charge in [0.05, 0.1) is 9.95 Å². The Morgan fingerprint density at radius 3 is 2.43 bits per heavy atom. The van der Waals surface area contributed by atoms with Gasteiger partial charge in [-0.2, -0.15) is 0 Å². The minimum absolute atomic E-state index is 0.104.